The predicted octanol–water partition coefficient (Wildman–Crippen LogP) is 5.74. The van der Waals surface area contributed by atoms with Crippen LogP contribution in [-0.4, -0.2) is 31.5 Å². The number of alkyl carbamates (subject to hydrolysis) is 1. The second-order valence-electron chi connectivity index (χ2n) is 8.05. The van der Waals surface area contributed by atoms with Crippen molar-refractivity contribution in [1.29, 1.82) is 0 Å². The van der Waals surface area contributed by atoms with Crippen molar-refractivity contribution in [2.75, 3.05) is 0 Å². The van der Waals surface area contributed by atoms with Crippen LogP contribution in [-0.2, 0) is 10.5 Å². The molecule has 0 spiro atoms. The van der Waals surface area contributed by atoms with Crippen LogP contribution in [0, 0.1) is 5.92 Å². The predicted molar refractivity (Wildman–Crippen MR) is 121 cm³/mol. The van der Waals surface area contributed by atoms with Crippen LogP contribution in [0.1, 0.15) is 58.5 Å². The van der Waals surface area contributed by atoms with E-state index in [2.05, 4.69) is 34.5 Å². The first kappa shape index (κ1) is 22.8. The first-order valence-corrected chi connectivity index (χ1v) is 11.9. The van der Waals surface area contributed by atoms with Gasteiger partial charge in [0.1, 0.15) is 5.60 Å². The van der Waals surface area contributed by atoms with Crippen LogP contribution in [0.3, 0.4) is 0 Å². The minimum atomic E-state index is -0.574. The number of halogens is 1. The third kappa shape index (κ3) is 5.86. The number of thioether (sulfide) groups is 1. The second-order valence-corrected chi connectivity index (χ2v) is 10.7. The number of rotatable bonds is 7. The Morgan fingerprint density at radius 1 is 1.37 bits per heavy atom. The van der Waals surface area contributed by atoms with E-state index in [0.29, 0.717) is 10.8 Å². The Kier molecular flexibility index (Phi) is 7.26. The van der Waals surface area contributed by atoms with Gasteiger partial charge in [0.2, 0.25) is 4.96 Å². The molecule has 7 nitrogen and oxygen atoms in total. The lowest BCUT2D eigenvalue weighted by atomic mass is 9.99. The van der Waals surface area contributed by atoms with Crippen LogP contribution in [0.25, 0.3) is 4.96 Å². The zero-order chi connectivity index (χ0) is 21.9. The topological polar surface area (TPSA) is 81.4 Å². The molecule has 2 unspecified atom stereocenters. The number of amides is 1. The van der Waals surface area contributed by atoms with E-state index >= 15 is 0 Å². The molecule has 10 heteroatoms. The normalized spacial score (nSPS) is 13.9. The number of hydrogen-bond acceptors (Lipinski definition) is 7. The maximum Gasteiger partial charge on any atom is 0.408 e. The third-order valence-electron chi connectivity index (χ3n) is 4.41. The van der Waals surface area contributed by atoms with Gasteiger partial charge < -0.3 is 10.1 Å². The van der Waals surface area contributed by atoms with Gasteiger partial charge in [0.25, 0.3) is 0 Å². The molecule has 162 valence electrons. The van der Waals surface area contributed by atoms with E-state index in [4.69, 9.17) is 16.3 Å². The van der Waals surface area contributed by atoms with Crippen molar-refractivity contribution in [3.05, 3.63) is 40.7 Å². The van der Waals surface area contributed by atoms with Gasteiger partial charge in [-0.3, -0.25) is 0 Å². The number of carbonyl (C=O) groups excluding carboxylic acids is 1. The number of hydrogen-bond donors (Lipinski definition) is 1. The summed E-state index contributed by atoms with van der Waals surface area (Å²) >= 11 is 9.15. The molecular formula is C20H26ClN5O2S2. The smallest absolute Gasteiger partial charge is 0.408 e. The Labute approximate surface area is 189 Å². The number of benzene rings is 1. The lowest BCUT2D eigenvalue weighted by molar-refractivity contribution is 0.0482. The third-order valence-corrected chi connectivity index (χ3v) is 6.75. The van der Waals surface area contributed by atoms with E-state index in [0.717, 1.165) is 27.1 Å². The molecule has 0 aliphatic heterocycles. The van der Waals surface area contributed by atoms with E-state index in [-0.39, 0.29) is 12.0 Å². The van der Waals surface area contributed by atoms with Crippen LogP contribution >= 0.6 is 34.7 Å². The fourth-order valence-electron chi connectivity index (χ4n) is 2.77. The van der Waals surface area contributed by atoms with E-state index in [9.17, 15) is 4.79 Å². The van der Waals surface area contributed by atoms with Gasteiger partial charge in [0.15, 0.2) is 10.2 Å². The summed E-state index contributed by atoms with van der Waals surface area (Å²) in [5.74, 6) is 1.50. The van der Waals surface area contributed by atoms with Crippen molar-refractivity contribution in [1.82, 2.24) is 25.1 Å². The molecule has 0 radical (unpaired) electrons. The monoisotopic (exact) mass is 467 g/mol. The van der Waals surface area contributed by atoms with Crippen LogP contribution < -0.4 is 5.32 Å². The highest BCUT2D eigenvalue weighted by molar-refractivity contribution is 8.00. The summed E-state index contributed by atoms with van der Waals surface area (Å²) in [6, 6.07) is 7.43. The first-order chi connectivity index (χ1) is 14.2. The van der Waals surface area contributed by atoms with Crippen molar-refractivity contribution < 1.29 is 9.53 Å². The Hall–Kier alpha value is -1.84. The average molecular weight is 468 g/mol. The Bertz CT molecular complexity index is 1010. The molecule has 3 aromatic rings. The molecule has 0 bridgehead atoms. The summed E-state index contributed by atoms with van der Waals surface area (Å²) in [6.45, 7) is 9.64. The van der Waals surface area contributed by atoms with Gasteiger partial charge in [-0.1, -0.05) is 67.1 Å². The molecule has 30 heavy (non-hydrogen) atoms. The number of nitrogens with one attached hydrogen (secondary N) is 1. The summed E-state index contributed by atoms with van der Waals surface area (Å²) in [5.41, 5.74) is 0.553. The quantitative estimate of drug-likeness (QED) is 0.446. The number of fused-ring (bicyclic) bond motifs is 1. The summed E-state index contributed by atoms with van der Waals surface area (Å²) in [5, 5.41) is 16.9. The first-order valence-electron chi connectivity index (χ1n) is 9.75. The number of aromatic nitrogens is 4. The molecule has 2 aromatic heterocycles. The van der Waals surface area contributed by atoms with Crippen LogP contribution in [0.2, 0.25) is 5.02 Å². The molecule has 0 saturated carbocycles. The largest absolute Gasteiger partial charge is 0.444 e. The fraction of sp³-hybridized carbons (Fsp3) is 0.500. The maximum absolute atomic E-state index is 12.4. The molecule has 0 saturated heterocycles. The van der Waals surface area contributed by atoms with Crippen molar-refractivity contribution >= 4 is 45.8 Å². The zero-order valence-corrected chi connectivity index (χ0v) is 20.1. The van der Waals surface area contributed by atoms with Crippen LogP contribution in [0.5, 0.6) is 0 Å². The van der Waals surface area contributed by atoms with Crippen molar-refractivity contribution in [2.24, 2.45) is 5.92 Å². The molecule has 0 fully saturated rings. The fourth-order valence-corrected chi connectivity index (χ4v) is 4.81. The highest BCUT2D eigenvalue weighted by Gasteiger charge is 2.29. The van der Waals surface area contributed by atoms with Gasteiger partial charge in [0.05, 0.1) is 6.04 Å². The molecule has 1 aromatic carbocycles. The molecule has 2 heterocycles. The summed E-state index contributed by atoms with van der Waals surface area (Å²) in [6.07, 6.45) is 0.380. The lowest BCUT2D eigenvalue weighted by Crippen LogP contribution is -2.38. The van der Waals surface area contributed by atoms with Crippen LogP contribution in [0.15, 0.2) is 28.6 Å². The molecule has 1 amide bonds. The van der Waals surface area contributed by atoms with Gasteiger partial charge in [-0.05, 0) is 44.4 Å². The minimum Gasteiger partial charge on any atom is -0.444 e. The Morgan fingerprint density at radius 2 is 2.13 bits per heavy atom. The van der Waals surface area contributed by atoms with E-state index in [1.807, 2.05) is 45.0 Å². The minimum absolute atomic E-state index is 0.134. The Balaban J connectivity index is 1.79. The maximum atomic E-state index is 12.4. The molecule has 0 aliphatic carbocycles. The SMILES string of the molecule is CCC(C)C(NC(=O)OC(C)(C)C)c1nnc2sc(SCc3cccc(Cl)c3)nn12. The summed E-state index contributed by atoms with van der Waals surface area (Å²) < 4.78 is 8.03. The summed E-state index contributed by atoms with van der Waals surface area (Å²) in [4.78, 5) is 13.1. The van der Waals surface area contributed by atoms with Crippen molar-refractivity contribution in [3.8, 4) is 0 Å². The number of ether oxygens (including phenoxy) is 1. The standard InChI is InChI=1S/C20H26ClN5O2S2/c1-6-12(2)15(22-18(27)28-20(3,4)5)16-23-24-17-26(16)25-19(30-17)29-11-13-8-7-9-14(21)10-13/h7-10,12,15H,6,11H2,1-5H3,(H,22,27). The Morgan fingerprint density at radius 3 is 2.80 bits per heavy atom. The molecule has 3 rings (SSSR count). The average Bonchev–Trinajstić information content (AvgIpc) is 3.23. The zero-order valence-electron chi connectivity index (χ0n) is 17.7. The highest BCUT2D eigenvalue weighted by atomic mass is 35.5. The van der Waals surface area contributed by atoms with Gasteiger partial charge in [-0.2, -0.15) is 4.52 Å². The summed E-state index contributed by atoms with van der Waals surface area (Å²) in [7, 11) is 0. The molecule has 1 N–H and O–H groups in total. The number of nitrogens with zero attached hydrogens (tertiary/aromatic N) is 4. The van der Waals surface area contributed by atoms with E-state index in [1.165, 1.54) is 11.3 Å². The lowest BCUT2D eigenvalue weighted by Gasteiger charge is -2.25. The van der Waals surface area contributed by atoms with Gasteiger partial charge in [0, 0.05) is 10.8 Å². The van der Waals surface area contributed by atoms with E-state index in [1.54, 1.807) is 16.3 Å². The number of carbonyl (C=O) groups is 1. The van der Waals surface area contributed by atoms with Crippen LogP contribution in [0.4, 0.5) is 4.79 Å². The van der Waals surface area contributed by atoms with Crippen molar-refractivity contribution in [3.63, 3.8) is 0 Å². The molecule has 2 atom stereocenters. The second kappa shape index (κ2) is 9.53. The van der Waals surface area contributed by atoms with Gasteiger partial charge in [-0.25, -0.2) is 4.79 Å². The highest BCUT2D eigenvalue weighted by Crippen LogP contribution is 2.31. The van der Waals surface area contributed by atoms with Gasteiger partial charge >= 0.3 is 6.09 Å². The van der Waals surface area contributed by atoms with E-state index < -0.39 is 11.7 Å². The molecule has 0 aliphatic rings. The van der Waals surface area contributed by atoms with Crippen molar-refractivity contribution in [2.45, 2.75) is 62.8 Å². The molecular weight excluding hydrogens is 442 g/mol. The van der Waals surface area contributed by atoms with Gasteiger partial charge in [-0.15, -0.1) is 15.3 Å².